The molecule has 1 aromatic heterocycles. The lowest BCUT2D eigenvalue weighted by Crippen LogP contribution is -2.38. The van der Waals surface area contributed by atoms with Crippen molar-refractivity contribution < 1.29 is 14.7 Å². The van der Waals surface area contributed by atoms with E-state index in [9.17, 15) is 14.7 Å². The highest BCUT2D eigenvalue weighted by atomic mass is 35.5. The van der Waals surface area contributed by atoms with Gasteiger partial charge in [0.2, 0.25) is 0 Å². The van der Waals surface area contributed by atoms with E-state index in [1.54, 1.807) is 22.8 Å². The number of likely N-dealkylation sites (tertiary alicyclic amines) is 1. The lowest BCUT2D eigenvalue weighted by molar-refractivity contribution is -0.142. The first-order valence-corrected chi connectivity index (χ1v) is 7.63. The van der Waals surface area contributed by atoms with E-state index in [2.05, 4.69) is 5.32 Å². The number of hydrogen-bond acceptors (Lipinski definition) is 3. The minimum absolute atomic E-state index is 0.192. The first-order chi connectivity index (χ1) is 11.0. The molecule has 2 amide bonds. The van der Waals surface area contributed by atoms with E-state index >= 15 is 0 Å². The third-order valence-corrected chi connectivity index (χ3v) is 3.97. The highest BCUT2D eigenvalue weighted by molar-refractivity contribution is 6.40. The van der Waals surface area contributed by atoms with Gasteiger partial charge in [-0.1, -0.05) is 11.6 Å². The maximum absolute atomic E-state index is 12.2. The number of halogens is 1. The third-order valence-electron chi connectivity index (χ3n) is 3.74. The Labute approximate surface area is 138 Å². The van der Waals surface area contributed by atoms with Crippen molar-refractivity contribution in [3.63, 3.8) is 0 Å². The van der Waals surface area contributed by atoms with Crippen molar-refractivity contribution >= 4 is 29.1 Å². The molecule has 1 saturated heterocycles. The molecule has 0 bridgehead atoms. The summed E-state index contributed by atoms with van der Waals surface area (Å²) < 4.78 is 1.80. The Kier molecular flexibility index (Phi) is 4.36. The molecule has 1 aliphatic rings. The lowest BCUT2D eigenvalue weighted by atomic mass is 10.2. The highest BCUT2D eigenvalue weighted by Crippen LogP contribution is 2.25. The van der Waals surface area contributed by atoms with Crippen molar-refractivity contribution in [1.29, 1.82) is 0 Å². The molecular weight excluding hydrogens is 318 g/mol. The molecule has 1 aliphatic heterocycles. The van der Waals surface area contributed by atoms with Crippen molar-refractivity contribution in [2.75, 3.05) is 18.4 Å². The van der Waals surface area contributed by atoms with Gasteiger partial charge in [0.05, 0.1) is 17.5 Å². The predicted molar refractivity (Wildman–Crippen MR) is 86.6 cm³/mol. The van der Waals surface area contributed by atoms with Crippen LogP contribution < -0.4 is 5.32 Å². The zero-order valence-electron chi connectivity index (χ0n) is 12.3. The van der Waals surface area contributed by atoms with E-state index in [0.717, 1.165) is 0 Å². The number of nitrogens with one attached hydrogen (secondary N) is 1. The molecule has 2 aromatic rings. The molecule has 0 unspecified atom stereocenters. The SMILES string of the molecule is O=C(Nc1ccc(Cl)cc1-n1cccc1)C(=O)N1CC[C@@H](O)C1. The zero-order chi connectivity index (χ0) is 16.4. The van der Waals surface area contributed by atoms with Crippen LogP contribution in [0.2, 0.25) is 5.02 Å². The number of β-amino-alcohol motifs (C(OH)–C–C–N with tert-alkyl or cyclic N) is 1. The number of aliphatic hydroxyl groups is 1. The van der Waals surface area contributed by atoms with Gasteiger partial charge in [0.15, 0.2) is 0 Å². The third kappa shape index (κ3) is 3.38. The number of aliphatic hydroxyl groups excluding tert-OH is 1. The molecule has 0 aliphatic carbocycles. The van der Waals surface area contributed by atoms with Crippen LogP contribution in [-0.4, -0.2) is 45.6 Å². The molecule has 1 aromatic carbocycles. The summed E-state index contributed by atoms with van der Waals surface area (Å²) in [5.41, 5.74) is 1.16. The first kappa shape index (κ1) is 15.6. The maximum Gasteiger partial charge on any atom is 0.313 e. The van der Waals surface area contributed by atoms with E-state index in [0.29, 0.717) is 29.4 Å². The van der Waals surface area contributed by atoms with Crippen LogP contribution in [0.3, 0.4) is 0 Å². The average Bonchev–Trinajstić information content (AvgIpc) is 3.19. The summed E-state index contributed by atoms with van der Waals surface area (Å²) in [6.07, 6.45) is 3.58. The Bertz CT molecular complexity index is 730. The number of nitrogens with zero attached hydrogens (tertiary/aromatic N) is 2. The van der Waals surface area contributed by atoms with Crippen LogP contribution in [0.1, 0.15) is 6.42 Å². The molecule has 120 valence electrons. The smallest absolute Gasteiger partial charge is 0.313 e. The van der Waals surface area contributed by atoms with Crippen LogP contribution in [0.15, 0.2) is 42.7 Å². The number of aromatic nitrogens is 1. The normalized spacial score (nSPS) is 17.3. The van der Waals surface area contributed by atoms with E-state index in [4.69, 9.17) is 11.6 Å². The number of benzene rings is 1. The molecule has 6 nitrogen and oxygen atoms in total. The second-order valence-electron chi connectivity index (χ2n) is 5.40. The van der Waals surface area contributed by atoms with Crippen molar-refractivity contribution in [1.82, 2.24) is 9.47 Å². The van der Waals surface area contributed by atoms with Gasteiger partial charge in [-0.15, -0.1) is 0 Å². The van der Waals surface area contributed by atoms with Gasteiger partial charge in [-0.25, -0.2) is 0 Å². The van der Waals surface area contributed by atoms with Gasteiger partial charge in [-0.3, -0.25) is 9.59 Å². The molecule has 2 heterocycles. The van der Waals surface area contributed by atoms with Crippen molar-refractivity contribution in [2.45, 2.75) is 12.5 Å². The molecule has 3 rings (SSSR count). The number of carbonyl (C=O) groups is 2. The quantitative estimate of drug-likeness (QED) is 0.821. The van der Waals surface area contributed by atoms with Gasteiger partial charge < -0.3 is 19.9 Å². The molecular formula is C16H16ClN3O3. The van der Waals surface area contributed by atoms with E-state index in [1.807, 2.05) is 24.5 Å². The summed E-state index contributed by atoms with van der Waals surface area (Å²) in [6, 6.07) is 8.71. The fourth-order valence-electron chi connectivity index (χ4n) is 2.56. The molecule has 1 fully saturated rings. The summed E-state index contributed by atoms with van der Waals surface area (Å²) >= 11 is 6.02. The van der Waals surface area contributed by atoms with Crippen LogP contribution in [0.25, 0.3) is 5.69 Å². The van der Waals surface area contributed by atoms with E-state index < -0.39 is 17.9 Å². The second kappa shape index (κ2) is 6.44. The summed E-state index contributed by atoms with van der Waals surface area (Å²) in [4.78, 5) is 25.7. The van der Waals surface area contributed by atoms with Crippen LogP contribution in [0.4, 0.5) is 5.69 Å². The Morgan fingerprint density at radius 2 is 2.00 bits per heavy atom. The molecule has 0 radical (unpaired) electrons. The van der Waals surface area contributed by atoms with E-state index in [1.165, 1.54) is 4.90 Å². The monoisotopic (exact) mass is 333 g/mol. The van der Waals surface area contributed by atoms with Crippen molar-refractivity contribution in [3.8, 4) is 5.69 Å². The van der Waals surface area contributed by atoms with E-state index in [-0.39, 0.29) is 6.54 Å². The fourth-order valence-corrected chi connectivity index (χ4v) is 2.73. The van der Waals surface area contributed by atoms with Crippen molar-refractivity contribution in [3.05, 3.63) is 47.7 Å². The van der Waals surface area contributed by atoms with Crippen LogP contribution in [0.5, 0.6) is 0 Å². The average molecular weight is 334 g/mol. The van der Waals surface area contributed by atoms with Gasteiger partial charge in [0.25, 0.3) is 0 Å². The minimum atomic E-state index is -0.727. The fraction of sp³-hybridized carbons (Fsp3) is 0.250. The molecule has 0 spiro atoms. The predicted octanol–water partition coefficient (Wildman–Crippen LogP) is 1.66. The molecule has 23 heavy (non-hydrogen) atoms. The highest BCUT2D eigenvalue weighted by Gasteiger charge is 2.29. The van der Waals surface area contributed by atoms with Gasteiger partial charge >= 0.3 is 11.8 Å². The minimum Gasteiger partial charge on any atom is -0.391 e. The summed E-state index contributed by atoms with van der Waals surface area (Å²) in [5, 5.41) is 12.6. The van der Waals surface area contributed by atoms with Gasteiger partial charge in [-0.2, -0.15) is 0 Å². The lowest BCUT2D eigenvalue weighted by Gasteiger charge is -2.16. The van der Waals surface area contributed by atoms with Crippen LogP contribution in [-0.2, 0) is 9.59 Å². The van der Waals surface area contributed by atoms with Crippen LogP contribution in [0, 0.1) is 0 Å². The maximum atomic E-state index is 12.2. The van der Waals surface area contributed by atoms with Crippen molar-refractivity contribution in [2.24, 2.45) is 0 Å². The largest absolute Gasteiger partial charge is 0.391 e. The summed E-state index contributed by atoms with van der Waals surface area (Å²) in [6.45, 7) is 0.579. The number of hydrogen-bond donors (Lipinski definition) is 2. The van der Waals surface area contributed by atoms with Crippen LogP contribution >= 0.6 is 11.6 Å². The number of amides is 2. The second-order valence-corrected chi connectivity index (χ2v) is 5.84. The Hall–Kier alpha value is -2.31. The zero-order valence-corrected chi connectivity index (χ0v) is 13.0. The number of carbonyl (C=O) groups excluding carboxylic acids is 2. The Balaban J connectivity index is 1.80. The topological polar surface area (TPSA) is 74.6 Å². The standard InChI is InChI=1S/C16H16ClN3O3/c17-11-3-4-13(14(9-11)19-6-1-2-7-19)18-15(22)16(23)20-8-5-12(21)10-20/h1-4,6-7,9,12,21H,5,8,10H2,(H,18,22)/t12-/m1/s1. The first-order valence-electron chi connectivity index (χ1n) is 7.26. The van der Waals surface area contributed by atoms with Gasteiger partial charge in [-0.05, 0) is 36.8 Å². The molecule has 2 N–H and O–H groups in total. The number of rotatable bonds is 2. The summed E-state index contributed by atoms with van der Waals surface area (Å²) in [7, 11) is 0. The van der Waals surface area contributed by atoms with Gasteiger partial charge in [0, 0.05) is 30.5 Å². The summed E-state index contributed by atoms with van der Waals surface area (Å²) in [5.74, 6) is -1.37. The molecule has 1 atom stereocenters. The molecule has 0 saturated carbocycles. The Morgan fingerprint density at radius 1 is 1.26 bits per heavy atom. The molecule has 7 heteroatoms. The Morgan fingerprint density at radius 3 is 2.65 bits per heavy atom. The van der Waals surface area contributed by atoms with Gasteiger partial charge in [0.1, 0.15) is 0 Å². The number of anilines is 1.